The van der Waals surface area contributed by atoms with Crippen LogP contribution in [0.15, 0.2) is 48.5 Å². The first-order valence-corrected chi connectivity index (χ1v) is 9.11. The zero-order chi connectivity index (χ0) is 15.3. The summed E-state index contributed by atoms with van der Waals surface area (Å²) in [4.78, 5) is 0. The molecule has 0 heterocycles. The molecule has 0 amide bonds. The number of aryl methyl sites for hydroxylation is 1. The van der Waals surface area contributed by atoms with Crippen molar-refractivity contribution in [2.24, 2.45) is 5.14 Å². The third-order valence-corrected chi connectivity index (χ3v) is 5.99. The zero-order valence-electron chi connectivity index (χ0n) is 12.1. The van der Waals surface area contributed by atoms with E-state index in [2.05, 4.69) is 24.3 Å². The van der Waals surface area contributed by atoms with E-state index in [0.29, 0.717) is 6.42 Å². The standard InChI is InChI=1S/C18H17NO2S/c19-22(20,21)18-7-3-6-14-16-9-8-12-4-1-2-5-13(12)15(16)10-11-17(14)18/h1-2,4-5,8-11,18H,3,6-7H2,(H2,19,20,21). The molecule has 3 aromatic carbocycles. The van der Waals surface area contributed by atoms with E-state index in [1.165, 1.54) is 16.2 Å². The SMILES string of the molecule is NS(=O)(=O)C1CCCc2c1ccc1c2ccc2ccccc21. The number of fused-ring (bicyclic) bond motifs is 5. The second-order valence-corrected chi connectivity index (χ2v) is 7.73. The van der Waals surface area contributed by atoms with Crippen LogP contribution in [-0.2, 0) is 16.4 Å². The summed E-state index contributed by atoms with van der Waals surface area (Å²) in [7, 11) is -3.55. The molecular formula is C18H17NO2S. The van der Waals surface area contributed by atoms with E-state index in [9.17, 15) is 8.42 Å². The van der Waals surface area contributed by atoms with Crippen LogP contribution in [0.25, 0.3) is 21.5 Å². The first kappa shape index (κ1) is 13.7. The average molecular weight is 311 g/mol. The molecular weight excluding hydrogens is 294 g/mol. The summed E-state index contributed by atoms with van der Waals surface area (Å²) in [6, 6.07) is 16.5. The van der Waals surface area contributed by atoms with E-state index in [-0.39, 0.29) is 0 Å². The summed E-state index contributed by atoms with van der Waals surface area (Å²) < 4.78 is 23.8. The van der Waals surface area contributed by atoms with Gasteiger partial charge in [-0.05, 0) is 51.9 Å². The Morgan fingerprint density at radius 3 is 2.50 bits per heavy atom. The van der Waals surface area contributed by atoms with Gasteiger partial charge in [0.25, 0.3) is 0 Å². The second kappa shape index (κ2) is 4.80. The molecule has 2 N–H and O–H groups in total. The van der Waals surface area contributed by atoms with Gasteiger partial charge in [-0.15, -0.1) is 0 Å². The lowest BCUT2D eigenvalue weighted by atomic mass is 9.86. The molecule has 0 spiro atoms. The molecule has 0 aliphatic heterocycles. The quantitative estimate of drug-likeness (QED) is 0.697. The molecule has 0 radical (unpaired) electrons. The third kappa shape index (κ3) is 2.02. The van der Waals surface area contributed by atoms with Crippen molar-refractivity contribution in [3.8, 4) is 0 Å². The molecule has 3 aromatic rings. The molecule has 0 aromatic heterocycles. The van der Waals surface area contributed by atoms with E-state index in [1.54, 1.807) is 0 Å². The maximum Gasteiger partial charge on any atom is 0.216 e. The van der Waals surface area contributed by atoms with Gasteiger partial charge in [-0.25, -0.2) is 13.6 Å². The summed E-state index contributed by atoms with van der Waals surface area (Å²) >= 11 is 0. The number of benzene rings is 3. The van der Waals surface area contributed by atoms with Gasteiger partial charge in [0, 0.05) is 0 Å². The van der Waals surface area contributed by atoms with Gasteiger partial charge in [0.1, 0.15) is 5.25 Å². The Morgan fingerprint density at radius 1 is 0.909 bits per heavy atom. The lowest BCUT2D eigenvalue weighted by Gasteiger charge is -2.25. The Morgan fingerprint density at radius 2 is 1.68 bits per heavy atom. The Balaban J connectivity index is 2.06. The molecule has 1 atom stereocenters. The van der Waals surface area contributed by atoms with Crippen LogP contribution in [0, 0.1) is 0 Å². The number of sulfonamides is 1. The summed E-state index contributed by atoms with van der Waals surface area (Å²) in [6.45, 7) is 0. The summed E-state index contributed by atoms with van der Waals surface area (Å²) in [6.07, 6.45) is 2.39. The molecule has 4 heteroatoms. The molecule has 0 bridgehead atoms. The van der Waals surface area contributed by atoms with Crippen molar-refractivity contribution in [2.75, 3.05) is 0 Å². The van der Waals surface area contributed by atoms with E-state index in [0.717, 1.165) is 29.4 Å². The maximum atomic E-state index is 11.9. The fraction of sp³-hybridized carbons (Fsp3) is 0.222. The van der Waals surface area contributed by atoms with Gasteiger partial charge in [0.05, 0.1) is 0 Å². The Labute approximate surface area is 129 Å². The minimum atomic E-state index is -3.55. The highest BCUT2D eigenvalue weighted by atomic mass is 32.2. The van der Waals surface area contributed by atoms with Crippen LogP contribution in [0.2, 0.25) is 0 Å². The zero-order valence-corrected chi connectivity index (χ0v) is 12.9. The molecule has 1 unspecified atom stereocenters. The molecule has 0 saturated heterocycles. The van der Waals surface area contributed by atoms with E-state index < -0.39 is 15.3 Å². The molecule has 0 fully saturated rings. The van der Waals surface area contributed by atoms with Crippen molar-refractivity contribution in [3.05, 3.63) is 59.7 Å². The van der Waals surface area contributed by atoms with Gasteiger partial charge in [-0.2, -0.15) is 0 Å². The van der Waals surface area contributed by atoms with Crippen molar-refractivity contribution in [2.45, 2.75) is 24.5 Å². The summed E-state index contributed by atoms with van der Waals surface area (Å²) in [5.74, 6) is 0. The first-order chi connectivity index (χ1) is 10.6. The smallest absolute Gasteiger partial charge is 0.216 e. The predicted octanol–water partition coefficient (Wildman–Crippen LogP) is 3.66. The minimum absolute atomic E-state index is 0.563. The second-order valence-electron chi connectivity index (χ2n) is 5.99. The number of primary sulfonamides is 1. The fourth-order valence-corrected chi connectivity index (χ4v) is 4.78. The first-order valence-electron chi connectivity index (χ1n) is 7.50. The Hall–Kier alpha value is -1.91. The predicted molar refractivity (Wildman–Crippen MR) is 90.2 cm³/mol. The van der Waals surface area contributed by atoms with Crippen molar-refractivity contribution < 1.29 is 8.42 Å². The number of rotatable bonds is 1. The number of hydrogen-bond donors (Lipinski definition) is 1. The van der Waals surface area contributed by atoms with Crippen LogP contribution < -0.4 is 5.14 Å². The van der Waals surface area contributed by atoms with E-state index >= 15 is 0 Å². The molecule has 112 valence electrons. The lowest BCUT2D eigenvalue weighted by molar-refractivity contribution is 0.562. The average Bonchev–Trinajstić information content (AvgIpc) is 2.52. The van der Waals surface area contributed by atoms with Gasteiger partial charge in [-0.1, -0.05) is 48.5 Å². The molecule has 0 saturated carbocycles. The number of nitrogens with two attached hydrogens (primary N) is 1. The van der Waals surface area contributed by atoms with Crippen LogP contribution in [0.1, 0.15) is 29.2 Å². The highest BCUT2D eigenvalue weighted by Crippen LogP contribution is 2.39. The van der Waals surface area contributed by atoms with Gasteiger partial charge >= 0.3 is 0 Å². The van der Waals surface area contributed by atoms with Crippen LogP contribution in [-0.4, -0.2) is 8.42 Å². The van der Waals surface area contributed by atoms with Crippen LogP contribution in [0.3, 0.4) is 0 Å². The van der Waals surface area contributed by atoms with Crippen molar-refractivity contribution in [1.29, 1.82) is 0 Å². The molecule has 22 heavy (non-hydrogen) atoms. The largest absolute Gasteiger partial charge is 0.228 e. The molecule has 1 aliphatic carbocycles. The number of hydrogen-bond acceptors (Lipinski definition) is 2. The Bertz CT molecular complexity index is 993. The van der Waals surface area contributed by atoms with Crippen LogP contribution in [0.5, 0.6) is 0 Å². The van der Waals surface area contributed by atoms with E-state index in [1.807, 2.05) is 24.3 Å². The van der Waals surface area contributed by atoms with Crippen molar-refractivity contribution >= 4 is 31.6 Å². The normalized spacial score (nSPS) is 18.5. The monoisotopic (exact) mass is 311 g/mol. The van der Waals surface area contributed by atoms with Gasteiger partial charge in [-0.3, -0.25) is 0 Å². The summed E-state index contributed by atoms with van der Waals surface area (Å²) in [5.41, 5.74) is 2.03. The Kier molecular flexibility index (Phi) is 2.99. The van der Waals surface area contributed by atoms with Crippen LogP contribution in [0.4, 0.5) is 0 Å². The van der Waals surface area contributed by atoms with Gasteiger partial charge < -0.3 is 0 Å². The van der Waals surface area contributed by atoms with Crippen LogP contribution >= 0.6 is 0 Å². The van der Waals surface area contributed by atoms with Gasteiger partial charge in [0.15, 0.2) is 0 Å². The van der Waals surface area contributed by atoms with Crippen molar-refractivity contribution in [3.63, 3.8) is 0 Å². The molecule has 3 nitrogen and oxygen atoms in total. The third-order valence-electron chi connectivity index (χ3n) is 4.71. The minimum Gasteiger partial charge on any atom is -0.228 e. The highest BCUT2D eigenvalue weighted by Gasteiger charge is 2.29. The van der Waals surface area contributed by atoms with Crippen molar-refractivity contribution in [1.82, 2.24) is 0 Å². The lowest BCUT2D eigenvalue weighted by Crippen LogP contribution is -2.25. The topological polar surface area (TPSA) is 60.2 Å². The molecule has 1 aliphatic rings. The van der Waals surface area contributed by atoms with E-state index in [4.69, 9.17) is 5.14 Å². The van der Waals surface area contributed by atoms with Gasteiger partial charge in [0.2, 0.25) is 10.0 Å². The summed E-state index contributed by atoms with van der Waals surface area (Å²) in [5, 5.41) is 9.62. The fourth-order valence-electron chi connectivity index (χ4n) is 3.71. The highest BCUT2D eigenvalue weighted by molar-refractivity contribution is 7.89. The maximum absolute atomic E-state index is 11.9. The molecule has 4 rings (SSSR count).